The lowest BCUT2D eigenvalue weighted by Gasteiger charge is -2.22. The normalized spacial score (nSPS) is 13.0. The first-order valence-corrected chi connectivity index (χ1v) is 7.13. The van der Waals surface area contributed by atoms with Gasteiger partial charge in [-0.25, -0.2) is 13.2 Å². The molecule has 0 spiro atoms. The Bertz CT molecular complexity index is 786. The molecular weight excluding hydrogens is 319 g/mol. The second kappa shape index (κ2) is 7.64. The number of esters is 1. The highest BCUT2D eigenvalue weighted by molar-refractivity contribution is 5.70. The molecule has 0 radical (unpaired) electrons. The lowest BCUT2D eigenvalue weighted by molar-refractivity contribution is -0.141. The second-order valence-electron chi connectivity index (χ2n) is 5.22. The van der Waals surface area contributed by atoms with E-state index in [-0.39, 0.29) is 12.0 Å². The van der Waals surface area contributed by atoms with E-state index in [4.69, 9.17) is 0 Å². The fraction of sp³-hybridized carbons (Fsp3) is 0.222. The minimum Gasteiger partial charge on any atom is -0.469 e. The van der Waals surface area contributed by atoms with Gasteiger partial charge in [0.1, 0.15) is 5.82 Å². The molecule has 124 valence electrons. The van der Waals surface area contributed by atoms with E-state index in [1.165, 1.54) is 31.4 Å². The number of nitrogens with zero attached hydrogens (tertiary/aromatic N) is 1. The van der Waals surface area contributed by atoms with E-state index in [9.17, 15) is 23.2 Å². The smallest absolute Gasteiger partial charge is 0.306 e. The Morgan fingerprint density at radius 1 is 1.12 bits per heavy atom. The Balaban J connectivity index is 2.48. The minimum atomic E-state index is -1.09. The van der Waals surface area contributed by atoms with Crippen molar-refractivity contribution in [3.63, 3.8) is 0 Å². The van der Waals surface area contributed by atoms with Crippen LogP contribution in [0.3, 0.4) is 0 Å². The summed E-state index contributed by atoms with van der Waals surface area (Å²) in [5.74, 6) is -4.98. The molecule has 3 nitrogen and oxygen atoms in total. The van der Waals surface area contributed by atoms with Crippen LogP contribution in [0.4, 0.5) is 13.2 Å². The Hall–Kier alpha value is -2.81. The Labute approximate surface area is 137 Å². The van der Waals surface area contributed by atoms with Gasteiger partial charge in [0.2, 0.25) is 0 Å². The van der Waals surface area contributed by atoms with E-state index < -0.39 is 35.3 Å². The van der Waals surface area contributed by atoms with Crippen molar-refractivity contribution in [3.8, 4) is 6.07 Å². The molecule has 2 unspecified atom stereocenters. The summed E-state index contributed by atoms with van der Waals surface area (Å²) in [4.78, 5) is 11.7. The molecular formula is C18H14F3NO2. The van der Waals surface area contributed by atoms with Gasteiger partial charge in [0, 0.05) is 5.92 Å². The Morgan fingerprint density at radius 3 is 2.46 bits per heavy atom. The lowest BCUT2D eigenvalue weighted by Crippen LogP contribution is -2.16. The molecule has 24 heavy (non-hydrogen) atoms. The average molecular weight is 333 g/mol. The minimum absolute atomic E-state index is 0.197. The maximum atomic E-state index is 13.5. The predicted molar refractivity (Wildman–Crippen MR) is 80.5 cm³/mol. The molecule has 0 amide bonds. The van der Waals surface area contributed by atoms with E-state index in [0.717, 1.165) is 12.1 Å². The van der Waals surface area contributed by atoms with Crippen molar-refractivity contribution in [1.82, 2.24) is 0 Å². The van der Waals surface area contributed by atoms with Crippen LogP contribution in [0.1, 0.15) is 29.4 Å². The van der Waals surface area contributed by atoms with Crippen LogP contribution in [0.15, 0.2) is 42.5 Å². The van der Waals surface area contributed by atoms with Gasteiger partial charge in [-0.3, -0.25) is 4.79 Å². The molecule has 2 aromatic rings. The molecule has 0 aliphatic heterocycles. The third-order valence-corrected chi connectivity index (χ3v) is 3.74. The van der Waals surface area contributed by atoms with Crippen LogP contribution in [0.5, 0.6) is 0 Å². The summed E-state index contributed by atoms with van der Waals surface area (Å²) in [6.07, 6.45) is -0.197. The van der Waals surface area contributed by atoms with Gasteiger partial charge < -0.3 is 4.74 Å². The summed E-state index contributed by atoms with van der Waals surface area (Å²) < 4.78 is 44.8. The monoisotopic (exact) mass is 333 g/mol. The van der Waals surface area contributed by atoms with Crippen molar-refractivity contribution in [2.45, 2.75) is 18.3 Å². The van der Waals surface area contributed by atoms with Crippen LogP contribution in [0.2, 0.25) is 0 Å². The fourth-order valence-corrected chi connectivity index (χ4v) is 2.53. The highest BCUT2D eigenvalue weighted by atomic mass is 19.2. The summed E-state index contributed by atoms with van der Waals surface area (Å²) in [6.45, 7) is 0. The summed E-state index contributed by atoms with van der Waals surface area (Å²) in [7, 11) is 1.20. The van der Waals surface area contributed by atoms with Crippen LogP contribution in [-0.4, -0.2) is 13.1 Å². The van der Waals surface area contributed by atoms with E-state index in [2.05, 4.69) is 4.74 Å². The van der Waals surface area contributed by atoms with Gasteiger partial charge in [0.15, 0.2) is 11.6 Å². The Morgan fingerprint density at radius 2 is 1.88 bits per heavy atom. The number of ether oxygens (including phenoxy) is 1. The highest BCUT2D eigenvalue weighted by Crippen LogP contribution is 2.36. The quantitative estimate of drug-likeness (QED) is 0.776. The molecule has 6 heteroatoms. The zero-order valence-corrected chi connectivity index (χ0v) is 12.8. The topological polar surface area (TPSA) is 50.1 Å². The van der Waals surface area contributed by atoms with Gasteiger partial charge in [0.05, 0.1) is 25.5 Å². The summed E-state index contributed by atoms with van der Waals surface area (Å²) in [5.41, 5.74) is 0.603. The van der Waals surface area contributed by atoms with Crippen LogP contribution in [0, 0.1) is 28.8 Å². The molecule has 2 aromatic carbocycles. The van der Waals surface area contributed by atoms with Crippen LogP contribution in [-0.2, 0) is 9.53 Å². The van der Waals surface area contributed by atoms with Crippen molar-refractivity contribution in [3.05, 3.63) is 71.0 Å². The van der Waals surface area contributed by atoms with E-state index in [0.29, 0.717) is 5.56 Å². The number of halogens is 3. The SMILES string of the molecule is COC(=O)CC(c1cccc(F)c1)C(C#N)c1ccc(F)c(F)c1. The summed E-state index contributed by atoms with van der Waals surface area (Å²) in [5, 5.41) is 9.51. The number of benzene rings is 2. The Kier molecular flexibility index (Phi) is 5.59. The van der Waals surface area contributed by atoms with Crippen molar-refractivity contribution >= 4 is 5.97 Å². The number of nitriles is 1. The maximum Gasteiger partial charge on any atom is 0.306 e. The van der Waals surface area contributed by atoms with Gasteiger partial charge in [-0.1, -0.05) is 18.2 Å². The van der Waals surface area contributed by atoms with Crippen molar-refractivity contribution in [2.75, 3.05) is 7.11 Å². The average Bonchev–Trinajstić information content (AvgIpc) is 2.57. The maximum absolute atomic E-state index is 13.5. The van der Waals surface area contributed by atoms with Crippen molar-refractivity contribution < 1.29 is 22.7 Å². The number of carbonyl (C=O) groups excluding carboxylic acids is 1. The molecule has 0 aliphatic carbocycles. The van der Waals surface area contributed by atoms with Gasteiger partial charge >= 0.3 is 5.97 Å². The van der Waals surface area contributed by atoms with Gasteiger partial charge in [0.25, 0.3) is 0 Å². The fourth-order valence-electron chi connectivity index (χ4n) is 2.53. The zero-order valence-electron chi connectivity index (χ0n) is 12.8. The van der Waals surface area contributed by atoms with Crippen molar-refractivity contribution in [1.29, 1.82) is 5.26 Å². The number of methoxy groups -OCH3 is 1. The second-order valence-corrected chi connectivity index (χ2v) is 5.22. The third kappa shape index (κ3) is 3.93. The first-order valence-electron chi connectivity index (χ1n) is 7.13. The molecule has 2 atom stereocenters. The molecule has 0 aliphatic rings. The molecule has 0 saturated heterocycles. The molecule has 0 fully saturated rings. The first kappa shape index (κ1) is 17.5. The number of rotatable bonds is 5. The van der Waals surface area contributed by atoms with E-state index in [1.807, 2.05) is 6.07 Å². The predicted octanol–water partition coefficient (Wildman–Crippen LogP) is 4.06. The van der Waals surface area contributed by atoms with Crippen LogP contribution in [0.25, 0.3) is 0 Å². The first-order chi connectivity index (χ1) is 11.5. The number of hydrogen-bond acceptors (Lipinski definition) is 3. The van der Waals surface area contributed by atoms with Gasteiger partial charge in [-0.2, -0.15) is 5.26 Å². The molecule has 0 saturated carbocycles. The molecule has 0 bridgehead atoms. The van der Waals surface area contributed by atoms with Crippen LogP contribution >= 0.6 is 0 Å². The molecule has 0 heterocycles. The lowest BCUT2D eigenvalue weighted by atomic mass is 9.80. The summed E-state index contributed by atoms with van der Waals surface area (Å²) in [6, 6.07) is 10.6. The molecule has 0 N–H and O–H groups in total. The van der Waals surface area contributed by atoms with E-state index in [1.54, 1.807) is 6.07 Å². The third-order valence-electron chi connectivity index (χ3n) is 3.74. The highest BCUT2D eigenvalue weighted by Gasteiger charge is 2.28. The van der Waals surface area contributed by atoms with Gasteiger partial charge in [-0.05, 0) is 35.4 Å². The van der Waals surface area contributed by atoms with Gasteiger partial charge in [-0.15, -0.1) is 0 Å². The van der Waals surface area contributed by atoms with E-state index >= 15 is 0 Å². The molecule has 0 aromatic heterocycles. The molecule has 2 rings (SSSR count). The standard InChI is InChI=1S/C18H14F3NO2/c1-24-18(23)9-14(11-3-2-4-13(19)7-11)15(10-22)12-5-6-16(20)17(21)8-12/h2-8,14-15H,9H2,1H3. The number of carbonyl (C=O) groups is 1. The van der Waals surface area contributed by atoms with Crippen LogP contribution < -0.4 is 0 Å². The largest absolute Gasteiger partial charge is 0.469 e. The van der Waals surface area contributed by atoms with Crippen molar-refractivity contribution in [2.24, 2.45) is 0 Å². The summed E-state index contributed by atoms with van der Waals surface area (Å²) >= 11 is 0. The number of hydrogen-bond donors (Lipinski definition) is 0. The zero-order chi connectivity index (χ0) is 17.7.